The molecule has 8 heteroatoms. The van der Waals surface area contributed by atoms with Crippen LogP contribution in [0.1, 0.15) is 21.5 Å². The number of nitrogens with zero attached hydrogens (tertiary/aromatic N) is 1. The van der Waals surface area contributed by atoms with E-state index in [1.807, 2.05) is 13.0 Å². The Morgan fingerprint density at radius 2 is 1.96 bits per heavy atom. The Hall–Kier alpha value is -2.32. The number of aryl methyl sites for hydroxylation is 2. The molecule has 136 valence electrons. The van der Waals surface area contributed by atoms with Gasteiger partial charge in [-0.3, -0.25) is 14.5 Å². The number of rotatable bonds is 4. The van der Waals surface area contributed by atoms with Crippen molar-refractivity contribution in [3.05, 3.63) is 59.2 Å². The minimum Gasteiger partial charge on any atom is -0.301 e. The van der Waals surface area contributed by atoms with Crippen LogP contribution in [0.25, 0.3) is 0 Å². The maximum absolute atomic E-state index is 12.7. The molecule has 0 bridgehead atoms. The quantitative estimate of drug-likeness (QED) is 0.842. The predicted octanol–water partition coefficient (Wildman–Crippen LogP) is 2.94. The van der Waals surface area contributed by atoms with E-state index in [-0.39, 0.29) is 10.8 Å². The first-order valence-corrected chi connectivity index (χ1v) is 10.5. The highest BCUT2D eigenvalue weighted by atomic mass is 32.2. The Labute approximate surface area is 157 Å². The third kappa shape index (κ3) is 4.25. The molecule has 3 rings (SSSR count). The highest BCUT2D eigenvalue weighted by Crippen LogP contribution is 2.21. The molecule has 2 N–H and O–H groups in total. The Morgan fingerprint density at radius 1 is 1.15 bits per heavy atom. The number of carbonyl (C=O) groups is 1. The summed E-state index contributed by atoms with van der Waals surface area (Å²) < 4.78 is 27.9. The number of hydrogen-bond acceptors (Lipinski definition) is 5. The number of amides is 1. The Bertz CT molecular complexity index is 985. The standard InChI is InChI=1S/C18H19N3O3S2/c1-12-6-7-13(2)16(10-12)26(23,24)21-15-5-3-4-14(11-15)17(22)20-18-19-8-9-25-18/h3-7,10-11,21H,8-9H2,1-2H3,(H,19,20,22). The molecule has 0 aliphatic carbocycles. The first-order valence-electron chi connectivity index (χ1n) is 8.04. The molecule has 2 aromatic carbocycles. The van der Waals surface area contributed by atoms with Crippen LogP contribution < -0.4 is 10.0 Å². The third-order valence-electron chi connectivity index (χ3n) is 3.82. The summed E-state index contributed by atoms with van der Waals surface area (Å²) >= 11 is 1.49. The Morgan fingerprint density at radius 3 is 2.69 bits per heavy atom. The van der Waals surface area contributed by atoms with Gasteiger partial charge >= 0.3 is 0 Å². The van der Waals surface area contributed by atoms with E-state index < -0.39 is 10.0 Å². The maximum atomic E-state index is 12.7. The summed E-state index contributed by atoms with van der Waals surface area (Å²) in [5, 5.41) is 3.32. The number of aliphatic imine (C=N–C) groups is 1. The normalized spacial score (nSPS) is 14.0. The number of hydrogen-bond donors (Lipinski definition) is 2. The highest BCUT2D eigenvalue weighted by Gasteiger charge is 2.18. The van der Waals surface area contributed by atoms with Crippen molar-refractivity contribution >= 4 is 38.5 Å². The van der Waals surface area contributed by atoms with Crippen LogP contribution in [-0.4, -0.2) is 31.8 Å². The topological polar surface area (TPSA) is 87.6 Å². The highest BCUT2D eigenvalue weighted by molar-refractivity contribution is 8.14. The molecule has 2 aromatic rings. The van der Waals surface area contributed by atoms with E-state index in [0.29, 0.717) is 28.5 Å². The van der Waals surface area contributed by atoms with Crippen molar-refractivity contribution in [3.8, 4) is 0 Å². The molecule has 26 heavy (non-hydrogen) atoms. The number of benzene rings is 2. The van der Waals surface area contributed by atoms with Gasteiger partial charge in [0.15, 0.2) is 5.17 Å². The van der Waals surface area contributed by atoms with Crippen LogP contribution in [0.5, 0.6) is 0 Å². The van der Waals surface area contributed by atoms with Gasteiger partial charge in [-0.05, 0) is 49.2 Å². The first kappa shape index (κ1) is 18.5. The van der Waals surface area contributed by atoms with Crippen LogP contribution in [0.2, 0.25) is 0 Å². The summed E-state index contributed by atoms with van der Waals surface area (Å²) in [5.41, 5.74) is 2.22. The molecule has 1 heterocycles. The van der Waals surface area contributed by atoms with Crippen LogP contribution in [0, 0.1) is 13.8 Å². The molecule has 0 unspecified atom stereocenters. The van der Waals surface area contributed by atoms with Gasteiger partial charge in [0.2, 0.25) is 0 Å². The number of sulfonamides is 1. The molecule has 0 radical (unpaired) electrons. The second-order valence-electron chi connectivity index (χ2n) is 5.94. The SMILES string of the molecule is Cc1ccc(C)c(S(=O)(=O)Nc2cccc(C(=O)NC3=NCCS3)c2)c1. The van der Waals surface area contributed by atoms with Gasteiger partial charge in [-0.1, -0.05) is 30.0 Å². The van der Waals surface area contributed by atoms with Crippen molar-refractivity contribution in [1.82, 2.24) is 5.32 Å². The summed E-state index contributed by atoms with van der Waals surface area (Å²) in [6.45, 7) is 4.28. The molecular weight excluding hydrogens is 370 g/mol. The van der Waals surface area contributed by atoms with Crippen molar-refractivity contribution < 1.29 is 13.2 Å². The molecular formula is C18H19N3O3S2. The van der Waals surface area contributed by atoms with Crippen molar-refractivity contribution in [2.24, 2.45) is 4.99 Å². The molecule has 0 atom stereocenters. The number of carbonyl (C=O) groups excluding carboxylic acids is 1. The van der Waals surface area contributed by atoms with Crippen molar-refractivity contribution in [2.75, 3.05) is 17.0 Å². The molecule has 0 saturated carbocycles. The van der Waals surface area contributed by atoms with Crippen LogP contribution in [0.4, 0.5) is 5.69 Å². The summed E-state index contributed by atoms with van der Waals surface area (Å²) in [7, 11) is -3.74. The predicted molar refractivity (Wildman–Crippen MR) is 105 cm³/mol. The van der Waals surface area contributed by atoms with Gasteiger partial charge in [0.1, 0.15) is 0 Å². The first-order chi connectivity index (χ1) is 12.3. The molecule has 0 spiro atoms. The van der Waals surface area contributed by atoms with E-state index in [4.69, 9.17) is 0 Å². The minimum atomic E-state index is -3.74. The summed E-state index contributed by atoms with van der Waals surface area (Å²) in [5.74, 6) is 0.539. The number of anilines is 1. The zero-order chi connectivity index (χ0) is 18.7. The van der Waals surface area contributed by atoms with E-state index in [9.17, 15) is 13.2 Å². The smallest absolute Gasteiger partial charge is 0.262 e. The molecule has 0 saturated heterocycles. The largest absolute Gasteiger partial charge is 0.301 e. The lowest BCUT2D eigenvalue weighted by Gasteiger charge is -2.12. The molecule has 0 fully saturated rings. The van der Waals surface area contributed by atoms with Gasteiger partial charge in [0, 0.05) is 17.0 Å². The van der Waals surface area contributed by atoms with Crippen molar-refractivity contribution in [3.63, 3.8) is 0 Å². The van der Waals surface area contributed by atoms with Gasteiger partial charge in [0.25, 0.3) is 15.9 Å². The fraction of sp³-hybridized carbons (Fsp3) is 0.222. The maximum Gasteiger partial charge on any atom is 0.262 e. The van der Waals surface area contributed by atoms with Crippen LogP contribution in [0.15, 0.2) is 52.4 Å². The Kier molecular flexibility index (Phi) is 5.33. The second-order valence-corrected chi connectivity index (χ2v) is 8.68. The van der Waals surface area contributed by atoms with Gasteiger partial charge in [-0.25, -0.2) is 8.42 Å². The zero-order valence-electron chi connectivity index (χ0n) is 14.4. The van der Waals surface area contributed by atoms with E-state index in [2.05, 4.69) is 15.0 Å². The summed E-state index contributed by atoms with van der Waals surface area (Å²) in [4.78, 5) is 16.7. The van der Waals surface area contributed by atoms with Crippen LogP contribution in [0.3, 0.4) is 0 Å². The lowest BCUT2D eigenvalue weighted by Crippen LogP contribution is -2.27. The van der Waals surface area contributed by atoms with Gasteiger partial charge < -0.3 is 5.32 Å². The van der Waals surface area contributed by atoms with Crippen LogP contribution in [-0.2, 0) is 10.0 Å². The van der Waals surface area contributed by atoms with Gasteiger partial charge in [0.05, 0.1) is 11.4 Å². The summed E-state index contributed by atoms with van der Waals surface area (Å²) in [6, 6.07) is 11.7. The lowest BCUT2D eigenvalue weighted by molar-refractivity contribution is 0.0978. The number of thioether (sulfide) groups is 1. The Balaban J connectivity index is 1.81. The molecule has 1 amide bonds. The molecule has 1 aliphatic heterocycles. The molecule has 1 aliphatic rings. The van der Waals surface area contributed by atoms with Crippen molar-refractivity contribution in [1.29, 1.82) is 0 Å². The van der Waals surface area contributed by atoms with E-state index in [0.717, 1.165) is 11.3 Å². The lowest BCUT2D eigenvalue weighted by atomic mass is 10.2. The average molecular weight is 390 g/mol. The van der Waals surface area contributed by atoms with Gasteiger partial charge in [-0.15, -0.1) is 0 Å². The average Bonchev–Trinajstić information content (AvgIpc) is 3.09. The molecule has 6 nitrogen and oxygen atoms in total. The van der Waals surface area contributed by atoms with E-state index in [1.54, 1.807) is 37.3 Å². The third-order valence-corrected chi connectivity index (χ3v) is 6.23. The monoisotopic (exact) mass is 389 g/mol. The minimum absolute atomic E-state index is 0.226. The molecule has 0 aromatic heterocycles. The summed E-state index contributed by atoms with van der Waals surface area (Å²) in [6.07, 6.45) is 0. The fourth-order valence-corrected chi connectivity index (χ4v) is 4.61. The van der Waals surface area contributed by atoms with Crippen molar-refractivity contribution in [2.45, 2.75) is 18.7 Å². The number of amidine groups is 1. The van der Waals surface area contributed by atoms with Gasteiger partial charge in [-0.2, -0.15) is 0 Å². The number of nitrogens with one attached hydrogen (secondary N) is 2. The fourth-order valence-electron chi connectivity index (χ4n) is 2.51. The second kappa shape index (κ2) is 7.51. The van der Waals surface area contributed by atoms with E-state index >= 15 is 0 Å². The van der Waals surface area contributed by atoms with Crippen LogP contribution >= 0.6 is 11.8 Å². The zero-order valence-corrected chi connectivity index (χ0v) is 16.1. The van der Waals surface area contributed by atoms with E-state index in [1.165, 1.54) is 17.8 Å².